The molecule has 0 saturated carbocycles. The van der Waals surface area contributed by atoms with Crippen LogP contribution in [0.4, 0.5) is 4.79 Å². The van der Waals surface area contributed by atoms with Crippen LogP contribution in [-0.2, 0) is 9.47 Å². The maximum atomic E-state index is 12.2. The summed E-state index contributed by atoms with van der Waals surface area (Å²) in [5, 5.41) is 3.64. The van der Waals surface area contributed by atoms with Gasteiger partial charge in [-0.15, -0.1) is 0 Å². The Labute approximate surface area is 134 Å². The topological polar surface area (TPSA) is 50.8 Å². The molecule has 5 nitrogen and oxygen atoms in total. The summed E-state index contributed by atoms with van der Waals surface area (Å²) in [5.41, 5.74) is -0.417. The number of likely N-dealkylation sites (tertiary alicyclic amines) is 1. The highest BCUT2D eigenvalue weighted by Crippen LogP contribution is 2.20. The molecule has 0 bridgehead atoms. The van der Waals surface area contributed by atoms with Crippen molar-refractivity contribution in [3.05, 3.63) is 0 Å². The number of nitrogens with zero attached hydrogens (tertiary/aromatic N) is 1. The van der Waals surface area contributed by atoms with Crippen LogP contribution in [0.2, 0.25) is 0 Å². The zero-order valence-electron chi connectivity index (χ0n) is 14.6. The van der Waals surface area contributed by atoms with Crippen LogP contribution in [0.25, 0.3) is 0 Å². The lowest BCUT2D eigenvalue weighted by molar-refractivity contribution is 0.0164. The van der Waals surface area contributed by atoms with E-state index in [-0.39, 0.29) is 6.09 Å². The fourth-order valence-electron chi connectivity index (χ4n) is 3.19. The van der Waals surface area contributed by atoms with Gasteiger partial charge in [0, 0.05) is 25.7 Å². The standard InChI is InChI=1S/C17H32N2O3/c1-13(15-7-9-21-12-15)18-10-14-6-5-8-19(11-14)16(20)22-17(2,3)4/h13-15,18H,5-12H2,1-4H3. The van der Waals surface area contributed by atoms with Crippen LogP contribution in [0.3, 0.4) is 0 Å². The van der Waals surface area contributed by atoms with Crippen molar-refractivity contribution in [3.63, 3.8) is 0 Å². The van der Waals surface area contributed by atoms with Gasteiger partial charge >= 0.3 is 6.09 Å². The molecule has 2 heterocycles. The molecule has 0 aromatic heterocycles. The number of piperidine rings is 1. The summed E-state index contributed by atoms with van der Waals surface area (Å²) in [6.07, 6.45) is 3.23. The van der Waals surface area contributed by atoms with Gasteiger partial charge < -0.3 is 19.7 Å². The molecule has 0 aromatic carbocycles. The first-order chi connectivity index (χ1) is 10.3. The largest absolute Gasteiger partial charge is 0.444 e. The van der Waals surface area contributed by atoms with E-state index in [0.717, 1.165) is 45.7 Å². The summed E-state index contributed by atoms with van der Waals surface area (Å²) in [6.45, 7) is 12.4. The number of rotatable bonds is 4. The number of amides is 1. The SMILES string of the molecule is CC(NCC1CCCN(C(=O)OC(C)(C)C)C1)C1CCOC1. The van der Waals surface area contributed by atoms with Gasteiger partial charge in [-0.25, -0.2) is 4.79 Å². The molecular formula is C17H32N2O3. The molecule has 0 radical (unpaired) electrons. The van der Waals surface area contributed by atoms with Crippen LogP contribution in [-0.4, -0.2) is 55.5 Å². The maximum absolute atomic E-state index is 12.2. The molecule has 0 aromatic rings. The van der Waals surface area contributed by atoms with E-state index >= 15 is 0 Å². The van der Waals surface area contributed by atoms with Gasteiger partial charge in [0.05, 0.1) is 6.61 Å². The van der Waals surface area contributed by atoms with E-state index in [1.165, 1.54) is 6.42 Å². The third kappa shape index (κ3) is 5.43. The van der Waals surface area contributed by atoms with E-state index in [4.69, 9.17) is 9.47 Å². The Kier molecular flexibility index (Phi) is 6.09. The smallest absolute Gasteiger partial charge is 0.410 e. The van der Waals surface area contributed by atoms with Crippen molar-refractivity contribution in [1.29, 1.82) is 0 Å². The van der Waals surface area contributed by atoms with Gasteiger partial charge in [-0.1, -0.05) is 0 Å². The van der Waals surface area contributed by atoms with Gasteiger partial charge in [-0.3, -0.25) is 0 Å². The highest BCUT2D eigenvalue weighted by molar-refractivity contribution is 5.68. The molecule has 2 saturated heterocycles. The summed E-state index contributed by atoms with van der Waals surface area (Å²) in [5.74, 6) is 1.15. The molecule has 128 valence electrons. The van der Waals surface area contributed by atoms with E-state index in [2.05, 4.69) is 12.2 Å². The van der Waals surface area contributed by atoms with Gasteiger partial charge in [-0.05, 0) is 65.3 Å². The van der Waals surface area contributed by atoms with Crippen molar-refractivity contribution in [2.75, 3.05) is 32.8 Å². The van der Waals surface area contributed by atoms with Gasteiger partial charge in [0.2, 0.25) is 0 Å². The normalized spacial score (nSPS) is 27.7. The zero-order valence-corrected chi connectivity index (χ0v) is 14.6. The minimum absolute atomic E-state index is 0.172. The molecule has 5 heteroatoms. The number of carbonyl (C=O) groups is 1. The quantitative estimate of drug-likeness (QED) is 0.867. The van der Waals surface area contributed by atoms with E-state index in [0.29, 0.717) is 17.9 Å². The summed E-state index contributed by atoms with van der Waals surface area (Å²) in [6, 6.07) is 0.486. The first-order valence-electron chi connectivity index (χ1n) is 8.64. The van der Waals surface area contributed by atoms with Gasteiger partial charge in [0.15, 0.2) is 0 Å². The van der Waals surface area contributed by atoms with Crippen molar-refractivity contribution in [1.82, 2.24) is 10.2 Å². The number of ether oxygens (including phenoxy) is 2. The van der Waals surface area contributed by atoms with Crippen molar-refractivity contribution in [3.8, 4) is 0 Å². The Balaban J connectivity index is 1.74. The van der Waals surface area contributed by atoms with E-state index in [1.807, 2.05) is 25.7 Å². The van der Waals surface area contributed by atoms with Crippen LogP contribution >= 0.6 is 0 Å². The minimum atomic E-state index is -0.417. The molecule has 22 heavy (non-hydrogen) atoms. The molecule has 2 fully saturated rings. The summed E-state index contributed by atoms with van der Waals surface area (Å²) >= 11 is 0. The number of hydrogen-bond donors (Lipinski definition) is 1. The Morgan fingerprint density at radius 2 is 2.18 bits per heavy atom. The summed E-state index contributed by atoms with van der Waals surface area (Å²) in [7, 11) is 0. The Morgan fingerprint density at radius 3 is 2.82 bits per heavy atom. The highest BCUT2D eigenvalue weighted by atomic mass is 16.6. The van der Waals surface area contributed by atoms with Crippen molar-refractivity contribution >= 4 is 6.09 Å². The van der Waals surface area contributed by atoms with Crippen LogP contribution in [0.1, 0.15) is 47.0 Å². The zero-order chi connectivity index (χ0) is 16.2. The second-order valence-electron chi connectivity index (χ2n) is 7.76. The molecule has 2 rings (SSSR count). The molecule has 1 amide bonds. The Morgan fingerprint density at radius 1 is 1.41 bits per heavy atom. The molecule has 2 aliphatic heterocycles. The monoisotopic (exact) mass is 312 g/mol. The van der Waals surface area contributed by atoms with Crippen LogP contribution in [0.5, 0.6) is 0 Å². The highest BCUT2D eigenvalue weighted by Gasteiger charge is 2.28. The second kappa shape index (κ2) is 7.64. The summed E-state index contributed by atoms with van der Waals surface area (Å²) < 4.78 is 10.9. The molecule has 0 spiro atoms. The van der Waals surface area contributed by atoms with Crippen LogP contribution in [0.15, 0.2) is 0 Å². The van der Waals surface area contributed by atoms with Crippen molar-refractivity contribution in [2.45, 2.75) is 58.6 Å². The van der Waals surface area contributed by atoms with Crippen LogP contribution in [0, 0.1) is 11.8 Å². The lowest BCUT2D eigenvalue weighted by Crippen LogP contribution is -2.46. The first kappa shape index (κ1) is 17.5. The first-order valence-corrected chi connectivity index (χ1v) is 8.64. The predicted octanol–water partition coefficient (Wildman–Crippen LogP) is 2.65. The maximum Gasteiger partial charge on any atom is 0.410 e. The van der Waals surface area contributed by atoms with Crippen molar-refractivity contribution in [2.24, 2.45) is 11.8 Å². The number of carbonyl (C=O) groups excluding carboxylic acids is 1. The molecule has 1 N–H and O–H groups in total. The Bertz CT molecular complexity index is 361. The van der Waals surface area contributed by atoms with Gasteiger partial charge in [-0.2, -0.15) is 0 Å². The average molecular weight is 312 g/mol. The molecular weight excluding hydrogens is 280 g/mol. The lowest BCUT2D eigenvalue weighted by Gasteiger charge is -2.35. The van der Waals surface area contributed by atoms with E-state index < -0.39 is 5.60 Å². The third-order valence-electron chi connectivity index (χ3n) is 4.57. The average Bonchev–Trinajstić information content (AvgIpc) is 2.97. The molecule has 3 atom stereocenters. The van der Waals surface area contributed by atoms with Gasteiger partial charge in [0.25, 0.3) is 0 Å². The number of hydrogen-bond acceptors (Lipinski definition) is 4. The fraction of sp³-hybridized carbons (Fsp3) is 0.941. The fourth-order valence-corrected chi connectivity index (χ4v) is 3.19. The third-order valence-corrected chi connectivity index (χ3v) is 4.57. The molecule has 3 unspecified atom stereocenters. The molecule has 2 aliphatic rings. The number of nitrogens with one attached hydrogen (secondary N) is 1. The van der Waals surface area contributed by atoms with Crippen molar-refractivity contribution < 1.29 is 14.3 Å². The second-order valence-corrected chi connectivity index (χ2v) is 7.76. The van der Waals surface area contributed by atoms with Gasteiger partial charge in [0.1, 0.15) is 5.60 Å². The minimum Gasteiger partial charge on any atom is -0.444 e. The van der Waals surface area contributed by atoms with Crippen LogP contribution < -0.4 is 5.32 Å². The summed E-state index contributed by atoms with van der Waals surface area (Å²) in [4.78, 5) is 14.0. The Hall–Kier alpha value is -0.810. The van der Waals surface area contributed by atoms with E-state index in [9.17, 15) is 4.79 Å². The lowest BCUT2D eigenvalue weighted by atomic mass is 9.96. The van der Waals surface area contributed by atoms with E-state index in [1.54, 1.807) is 0 Å². The predicted molar refractivity (Wildman–Crippen MR) is 86.9 cm³/mol. The molecule has 0 aliphatic carbocycles.